The lowest BCUT2D eigenvalue weighted by atomic mass is 9.88. The molecule has 8 nitrogen and oxygen atoms in total. The van der Waals surface area contributed by atoms with Crippen LogP contribution in [0.1, 0.15) is 28.2 Å². The van der Waals surface area contributed by atoms with Crippen LogP contribution in [-0.2, 0) is 22.4 Å². The van der Waals surface area contributed by atoms with Crippen molar-refractivity contribution in [2.24, 2.45) is 5.92 Å². The molecule has 1 aliphatic rings. The first kappa shape index (κ1) is 20.6. The number of ether oxygens (including phenoxy) is 1. The zero-order chi connectivity index (χ0) is 20.6. The highest BCUT2D eigenvalue weighted by molar-refractivity contribution is 7.16. The number of nitrogens with zero attached hydrogens (tertiary/aromatic N) is 1. The Labute approximate surface area is 171 Å². The summed E-state index contributed by atoms with van der Waals surface area (Å²) in [6, 6.07) is 5.67. The quantitative estimate of drug-likeness (QED) is 0.597. The van der Waals surface area contributed by atoms with Crippen molar-refractivity contribution >= 4 is 34.4 Å². The van der Waals surface area contributed by atoms with Crippen molar-refractivity contribution in [1.29, 1.82) is 5.26 Å². The summed E-state index contributed by atoms with van der Waals surface area (Å²) in [5.74, 6) is 0.379. The van der Waals surface area contributed by atoms with Crippen LogP contribution in [0, 0.1) is 17.2 Å². The number of amides is 2. The summed E-state index contributed by atoms with van der Waals surface area (Å²) < 4.78 is 10.3. The van der Waals surface area contributed by atoms with E-state index >= 15 is 0 Å². The third kappa shape index (κ3) is 5.47. The van der Waals surface area contributed by atoms with Gasteiger partial charge in [0, 0.05) is 17.5 Å². The second-order valence-corrected chi connectivity index (χ2v) is 7.62. The predicted molar refractivity (Wildman–Crippen MR) is 107 cm³/mol. The van der Waals surface area contributed by atoms with Gasteiger partial charge in [-0.25, -0.2) is 4.79 Å². The van der Waals surface area contributed by atoms with E-state index in [9.17, 15) is 14.9 Å². The number of alkyl carbamates (subject to hydrolysis) is 1. The molecule has 0 saturated heterocycles. The van der Waals surface area contributed by atoms with Gasteiger partial charge < -0.3 is 24.9 Å². The maximum atomic E-state index is 12.2. The minimum absolute atomic E-state index is 0.140. The molecule has 0 fully saturated rings. The molecule has 1 aliphatic carbocycles. The van der Waals surface area contributed by atoms with E-state index in [1.54, 1.807) is 18.2 Å². The molecule has 1 atom stereocenters. The highest BCUT2D eigenvalue weighted by Crippen LogP contribution is 2.39. The highest BCUT2D eigenvalue weighted by Gasteiger charge is 2.27. The van der Waals surface area contributed by atoms with E-state index in [1.165, 1.54) is 23.7 Å². The van der Waals surface area contributed by atoms with Crippen LogP contribution in [0.15, 0.2) is 28.9 Å². The molecule has 9 heteroatoms. The largest absolute Gasteiger partial charge is 0.465 e. The van der Waals surface area contributed by atoms with Gasteiger partial charge in [0.1, 0.15) is 16.8 Å². The maximum absolute atomic E-state index is 12.2. The average Bonchev–Trinajstić information content (AvgIpc) is 3.35. The van der Waals surface area contributed by atoms with E-state index in [2.05, 4.69) is 16.7 Å². The van der Waals surface area contributed by atoms with Gasteiger partial charge in [-0.05, 0) is 49.0 Å². The first-order valence-electron chi connectivity index (χ1n) is 9.19. The summed E-state index contributed by atoms with van der Waals surface area (Å²) in [5.41, 5.74) is 1.47. The molecule has 3 N–H and O–H groups in total. The molecule has 0 spiro atoms. The van der Waals surface area contributed by atoms with E-state index in [0.29, 0.717) is 29.2 Å². The Morgan fingerprint density at radius 3 is 3.07 bits per heavy atom. The second kappa shape index (κ2) is 9.91. The van der Waals surface area contributed by atoms with E-state index in [-0.39, 0.29) is 31.6 Å². The van der Waals surface area contributed by atoms with Crippen LogP contribution >= 0.6 is 11.3 Å². The topological polar surface area (TPSA) is 125 Å². The Morgan fingerprint density at radius 2 is 2.34 bits per heavy atom. The molecule has 152 valence electrons. The summed E-state index contributed by atoms with van der Waals surface area (Å²) in [7, 11) is 0. The first-order chi connectivity index (χ1) is 14.1. The summed E-state index contributed by atoms with van der Waals surface area (Å²) in [4.78, 5) is 24.7. The Morgan fingerprint density at radius 1 is 1.48 bits per heavy atom. The van der Waals surface area contributed by atoms with Crippen LogP contribution in [0.2, 0.25) is 0 Å². The van der Waals surface area contributed by atoms with Crippen LogP contribution in [0.5, 0.6) is 0 Å². The molecule has 0 aromatic carbocycles. The van der Waals surface area contributed by atoms with Crippen molar-refractivity contribution in [3.05, 3.63) is 46.2 Å². The smallest absolute Gasteiger partial charge is 0.407 e. The molecule has 29 heavy (non-hydrogen) atoms. The standard InChI is InChI=1S/C20H21N3O5S/c21-11-16-15-5-3-13(12-28-20(26)22-7-8-24)10-17(15)29-19(16)23-18(25)6-4-14-2-1-9-27-14/h1-2,4,6,9,13,24H,3,5,7-8,10,12H2,(H,22,26)(H,23,25). The van der Waals surface area contributed by atoms with Gasteiger partial charge in [0.25, 0.3) is 0 Å². The van der Waals surface area contributed by atoms with Crippen molar-refractivity contribution in [3.8, 4) is 6.07 Å². The maximum Gasteiger partial charge on any atom is 0.407 e. The number of furan rings is 1. The minimum atomic E-state index is -0.551. The minimum Gasteiger partial charge on any atom is -0.465 e. The summed E-state index contributed by atoms with van der Waals surface area (Å²) >= 11 is 1.39. The number of anilines is 1. The number of carbonyl (C=O) groups excluding carboxylic acids is 2. The van der Waals surface area contributed by atoms with Crippen molar-refractivity contribution in [1.82, 2.24) is 5.32 Å². The van der Waals surface area contributed by atoms with Gasteiger partial charge in [-0.2, -0.15) is 5.26 Å². The predicted octanol–water partition coefficient (Wildman–Crippen LogP) is 2.69. The highest BCUT2D eigenvalue weighted by atomic mass is 32.1. The number of hydrogen-bond acceptors (Lipinski definition) is 7. The number of nitrogens with one attached hydrogen (secondary N) is 2. The van der Waals surface area contributed by atoms with Crippen molar-refractivity contribution in [2.45, 2.75) is 19.3 Å². The van der Waals surface area contributed by atoms with E-state index < -0.39 is 6.09 Å². The lowest BCUT2D eigenvalue weighted by Crippen LogP contribution is -2.29. The van der Waals surface area contributed by atoms with Gasteiger partial charge in [-0.3, -0.25) is 4.79 Å². The Hall–Kier alpha value is -3.09. The Balaban J connectivity index is 1.61. The third-order valence-corrected chi connectivity index (χ3v) is 5.66. The molecule has 2 aromatic heterocycles. The second-order valence-electron chi connectivity index (χ2n) is 6.52. The Kier molecular flexibility index (Phi) is 7.05. The number of nitriles is 1. The lowest BCUT2D eigenvalue weighted by molar-refractivity contribution is -0.111. The van der Waals surface area contributed by atoms with Gasteiger partial charge >= 0.3 is 6.09 Å². The van der Waals surface area contributed by atoms with Gasteiger partial charge in [0.05, 0.1) is 25.0 Å². The van der Waals surface area contributed by atoms with Crippen LogP contribution in [0.25, 0.3) is 6.08 Å². The summed E-state index contributed by atoms with van der Waals surface area (Å²) in [5, 5.41) is 24.0. The fourth-order valence-electron chi connectivity index (χ4n) is 3.10. The van der Waals surface area contributed by atoms with Gasteiger partial charge in [0.15, 0.2) is 0 Å². The molecule has 1 unspecified atom stereocenters. The zero-order valence-corrected chi connectivity index (χ0v) is 16.5. The van der Waals surface area contributed by atoms with Crippen LogP contribution in [0.4, 0.5) is 9.80 Å². The number of rotatable bonds is 7. The fraction of sp³-hybridized carbons (Fsp3) is 0.350. The van der Waals surface area contributed by atoms with Crippen molar-refractivity contribution in [2.75, 3.05) is 25.1 Å². The molecule has 0 bridgehead atoms. The number of carbonyl (C=O) groups is 2. The molecule has 3 rings (SSSR count). The molecular weight excluding hydrogens is 394 g/mol. The number of thiophene rings is 1. The van der Waals surface area contributed by atoms with Crippen molar-refractivity contribution < 1.29 is 23.8 Å². The number of fused-ring (bicyclic) bond motifs is 1. The number of hydrogen-bond donors (Lipinski definition) is 3. The van der Waals surface area contributed by atoms with Gasteiger partial charge in [0.2, 0.25) is 5.91 Å². The number of aliphatic hydroxyl groups excluding tert-OH is 1. The fourth-order valence-corrected chi connectivity index (χ4v) is 4.42. The van der Waals surface area contributed by atoms with Gasteiger partial charge in [-0.1, -0.05) is 0 Å². The molecule has 2 heterocycles. The summed E-state index contributed by atoms with van der Waals surface area (Å²) in [6.07, 6.45) is 6.06. The third-order valence-electron chi connectivity index (χ3n) is 4.49. The molecule has 2 aromatic rings. The lowest BCUT2D eigenvalue weighted by Gasteiger charge is -2.21. The molecule has 0 saturated carbocycles. The Bertz CT molecular complexity index is 927. The molecule has 2 amide bonds. The van der Waals surface area contributed by atoms with Crippen molar-refractivity contribution in [3.63, 3.8) is 0 Å². The van der Waals surface area contributed by atoms with Crippen LogP contribution < -0.4 is 10.6 Å². The number of aliphatic hydroxyl groups is 1. The normalized spacial score (nSPS) is 15.5. The zero-order valence-electron chi connectivity index (χ0n) is 15.6. The molecule has 0 aliphatic heterocycles. The van der Waals surface area contributed by atoms with E-state index in [1.807, 2.05) is 0 Å². The summed E-state index contributed by atoms with van der Waals surface area (Å²) in [6.45, 7) is 0.283. The van der Waals surface area contributed by atoms with Crippen LogP contribution in [0.3, 0.4) is 0 Å². The monoisotopic (exact) mass is 415 g/mol. The SMILES string of the molecule is N#Cc1c(NC(=O)C=Cc2ccco2)sc2c1CCC(COC(=O)NCCO)C2. The van der Waals surface area contributed by atoms with Gasteiger partial charge in [-0.15, -0.1) is 11.3 Å². The van der Waals surface area contributed by atoms with E-state index in [0.717, 1.165) is 16.9 Å². The first-order valence-corrected chi connectivity index (χ1v) is 10.0. The molecular formula is C20H21N3O5S. The average molecular weight is 415 g/mol. The molecule has 0 radical (unpaired) electrons. The van der Waals surface area contributed by atoms with E-state index in [4.69, 9.17) is 14.3 Å². The van der Waals surface area contributed by atoms with Crippen LogP contribution in [-0.4, -0.2) is 36.9 Å².